The molecule has 21 heavy (non-hydrogen) atoms. The monoisotopic (exact) mass is 307 g/mol. The Labute approximate surface area is 121 Å². The number of H-pyrrole nitrogens is 1. The lowest BCUT2D eigenvalue weighted by Crippen LogP contribution is -2.42. The Morgan fingerprint density at radius 2 is 2.14 bits per heavy atom. The van der Waals surface area contributed by atoms with Crippen LogP contribution in [0.5, 0.6) is 0 Å². The van der Waals surface area contributed by atoms with Gasteiger partial charge in [-0.1, -0.05) is 18.2 Å². The van der Waals surface area contributed by atoms with E-state index < -0.39 is 21.9 Å². The SMILES string of the molecule is O=C(O)C1Cc2ccccc2N(S(=O)(=O)c2cn[nH]c2)C1. The molecule has 2 aromatic rings. The molecule has 0 amide bonds. The van der Waals surface area contributed by atoms with Gasteiger partial charge >= 0.3 is 5.97 Å². The molecule has 0 aliphatic carbocycles. The van der Waals surface area contributed by atoms with Crippen molar-refractivity contribution in [2.24, 2.45) is 5.92 Å². The van der Waals surface area contributed by atoms with Crippen LogP contribution in [0, 0.1) is 5.92 Å². The lowest BCUT2D eigenvalue weighted by atomic mass is 9.94. The van der Waals surface area contributed by atoms with E-state index in [0.717, 1.165) is 4.31 Å². The smallest absolute Gasteiger partial charge is 0.308 e. The standard InChI is InChI=1S/C13H13N3O4S/c17-13(18)10-5-9-3-1-2-4-12(9)16(8-10)21(19,20)11-6-14-15-7-11/h1-4,6-7,10H,5,8H2,(H,14,15)(H,17,18). The molecule has 0 saturated heterocycles. The fraction of sp³-hybridized carbons (Fsp3) is 0.231. The summed E-state index contributed by atoms with van der Waals surface area (Å²) < 4.78 is 26.5. The number of aromatic amines is 1. The van der Waals surface area contributed by atoms with Gasteiger partial charge in [0.05, 0.1) is 17.8 Å². The molecule has 1 aromatic carbocycles. The predicted octanol–water partition coefficient (Wildman–Crippen LogP) is 0.862. The van der Waals surface area contributed by atoms with Crippen LogP contribution in [0.3, 0.4) is 0 Å². The summed E-state index contributed by atoms with van der Waals surface area (Å²) in [6, 6.07) is 6.94. The van der Waals surface area contributed by atoms with Gasteiger partial charge in [-0.25, -0.2) is 8.42 Å². The highest BCUT2D eigenvalue weighted by molar-refractivity contribution is 7.92. The van der Waals surface area contributed by atoms with Crippen LogP contribution >= 0.6 is 0 Å². The maximum Gasteiger partial charge on any atom is 0.308 e. The lowest BCUT2D eigenvalue weighted by molar-refractivity contribution is -0.141. The van der Waals surface area contributed by atoms with Gasteiger partial charge in [-0.2, -0.15) is 5.10 Å². The molecule has 1 aromatic heterocycles. The van der Waals surface area contributed by atoms with Crippen molar-refractivity contribution < 1.29 is 18.3 Å². The molecule has 0 bridgehead atoms. The fourth-order valence-corrected chi connectivity index (χ4v) is 3.91. The van der Waals surface area contributed by atoms with Gasteiger partial charge in [-0.15, -0.1) is 0 Å². The molecule has 7 nitrogen and oxygen atoms in total. The second kappa shape index (κ2) is 4.88. The number of nitrogens with one attached hydrogen (secondary N) is 1. The van der Waals surface area contributed by atoms with E-state index >= 15 is 0 Å². The van der Waals surface area contributed by atoms with Gasteiger partial charge < -0.3 is 5.11 Å². The van der Waals surface area contributed by atoms with Crippen molar-refractivity contribution in [2.45, 2.75) is 11.3 Å². The summed E-state index contributed by atoms with van der Waals surface area (Å²) in [5, 5.41) is 15.3. The molecule has 110 valence electrons. The number of benzene rings is 1. The van der Waals surface area contributed by atoms with E-state index in [1.807, 2.05) is 0 Å². The highest BCUT2D eigenvalue weighted by Gasteiger charge is 2.36. The zero-order valence-corrected chi connectivity index (χ0v) is 11.7. The molecule has 0 radical (unpaired) electrons. The minimum Gasteiger partial charge on any atom is -0.481 e. The summed E-state index contributed by atoms with van der Waals surface area (Å²) in [6.07, 6.45) is 2.81. The molecule has 1 unspecified atom stereocenters. The molecule has 1 aliphatic heterocycles. The van der Waals surface area contributed by atoms with Crippen molar-refractivity contribution in [1.82, 2.24) is 10.2 Å². The Kier molecular flexibility index (Phi) is 3.17. The summed E-state index contributed by atoms with van der Waals surface area (Å²) in [5.74, 6) is -1.77. The Morgan fingerprint density at radius 3 is 2.81 bits per heavy atom. The number of rotatable bonds is 3. The van der Waals surface area contributed by atoms with Gasteiger partial charge in [0.15, 0.2) is 0 Å². The lowest BCUT2D eigenvalue weighted by Gasteiger charge is -2.33. The molecule has 2 heterocycles. The first kappa shape index (κ1) is 13.6. The highest BCUT2D eigenvalue weighted by atomic mass is 32.2. The van der Waals surface area contributed by atoms with Gasteiger partial charge in [0.1, 0.15) is 4.90 Å². The molecule has 8 heteroatoms. The number of carbonyl (C=O) groups is 1. The molecule has 0 saturated carbocycles. The summed E-state index contributed by atoms with van der Waals surface area (Å²) in [7, 11) is -3.82. The molecule has 0 spiro atoms. The van der Waals surface area contributed by atoms with Crippen molar-refractivity contribution >= 4 is 21.7 Å². The Bertz CT molecular complexity index is 770. The number of sulfonamides is 1. The average molecular weight is 307 g/mol. The van der Waals surface area contributed by atoms with E-state index in [4.69, 9.17) is 0 Å². The number of hydrogen-bond donors (Lipinski definition) is 2. The maximum absolute atomic E-state index is 12.7. The van der Waals surface area contributed by atoms with Crippen molar-refractivity contribution in [3.8, 4) is 0 Å². The van der Waals surface area contributed by atoms with Crippen molar-refractivity contribution in [3.05, 3.63) is 42.2 Å². The summed E-state index contributed by atoms with van der Waals surface area (Å²) in [6.45, 7) is -0.0835. The van der Waals surface area contributed by atoms with Crippen LogP contribution in [0.2, 0.25) is 0 Å². The summed E-state index contributed by atoms with van der Waals surface area (Å²) in [4.78, 5) is 11.3. The first-order valence-electron chi connectivity index (χ1n) is 6.32. The molecule has 0 fully saturated rings. The number of aromatic nitrogens is 2. The number of anilines is 1. The van der Waals surface area contributed by atoms with E-state index in [9.17, 15) is 18.3 Å². The van der Waals surface area contributed by atoms with Gasteiger partial charge in [-0.3, -0.25) is 14.2 Å². The van der Waals surface area contributed by atoms with Crippen LogP contribution in [0.25, 0.3) is 0 Å². The molecular weight excluding hydrogens is 294 g/mol. The van der Waals surface area contributed by atoms with Crippen molar-refractivity contribution in [3.63, 3.8) is 0 Å². The van der Waals surface area contributed by atoms with E-state index in [-0.39, 0.29) is 11.4 Å². The first-order chi connectivity index (χ1) is 10.00. The van der Waals surface area contributed by atoms with Crippen LogP contribution in [0.4, 0.5) is 5.69 Å². The number of aliphatic carboxylic acids is 1. The van der Waals surface area contributed by atoms with Gasteiger partial charge in [0.25, 0.3) is 10.0 Å². The summed E-state index contributed by atoms with van der Waals surface area (Å²) in [5.41, 5.74) is 1.24. The Morgan fingerprint density at radius 1 is 1.38 bits per heavy atom. The Hall–Kier alpha value is -2.35. The van der Waals surface area contributed by atoms with Crippen LogP contribution in [-0.4, -0.2) is 36.2 Å². The highest BCUT2D eigenvalue weighted by Crippen LogP contribution is 2.33. The third-order valence-corrected chi connectivity index (χ3v) is 5.27. The van der Waals surface area contributed by atoms with Crippen LogP contribution < -0.4 is 4.31 Å². The van der Waals surface area contributed by atoms with Crippen LogP contribution in [0.15, 0.2) is 41.6 Å². The van der Waals surface area contributed by atoms with Crippen molar-refractivity contribution in [2.75, 3.05) is 10.8 Å². The maximum atomic E-state index is 12.7. The Balaban J connectivity index is 2.11. The second-order valence-electron chi connectivity index (χ2n) is 4.84. The zero-order valence-electron chi connectivity index (χ0n) is 10.9. The van der Waals surface area contributed by atoms with E-state index in [0.29, 0.717) is 17.7 Å². The number of carboxylic acids is 1. The predicted molar refractivity (Wildman–Crippen MR) is 74.4 cm³/mol. The van der Waals surface area contributed by atoms with Gasteiger partial charge in [-0.05, 0) is 18.1 Å². The fourth-order valence-electron chi connectivity index (χ4n) is 2.46. The number of nitrogens with zero attached hydrogens (tertiary/aromatic N) is 2. The second-order valence-corrected chi connectivity index (χ2v) is 6.70. The quantitative estimate of drug-likeness (QED) is 0.875. The largest absolute Gasteiger partial charge is 0.481 e. The third kappa shape index (κ3) is 2.27. The molecule has 2 N–H and O–H groups in total. The normalized spacial score (nSPS) is 18.3. The summed E-state index contributed by atoms with van der Waals surface area (Å²) >= 11 is 0. The minimum atomic E-state index is -3.82. The van der Waals surface area contributed by atoms with E-state index in [1.54, 1.807) is 24.3 Å². The molecule has 1 atom stereocenters. The van der Waals surface area contributed by atoms with Gasteiger partial charge in [0, 0.05) is 12.7 Å². The third-order valence-electron chi connectivity index (χ3n) is 3.52. The van der Waals surface area contributed by atoms with E-state index in [2.05, 4.69) is 10.2 Å². The average Bonchev–Trinajstić information content (AvgIpc) is 3.00. The molecule has 1 aliphatic rings. The topological polar surface area (TPSA) is 103 Å². The molecular formula is C13H13N3O4S. The number of para-hydroxylation sites is 1. The number of hydrogen-bond acceptors (Lipinski definition) is 4. The van der Waals surface area contributed by atoms with Gasteiger partial charge in [0.2, 0.25) is 0 Å². The van der Waals surface area contributed by atoms with Crippen LogP contribution in [0.1, 0.15) is 5.56 Å². The first-order valence-corrected chi connectivity index (χ1v) is 7.76. The molecule has 3 rings (SSSR count). The van der Waals surface area contributed by atoms with Crippen molar-refractivity contribution in [1.29, 1.82) is 0 Å². The van der Waals surface area contributed by atoms with Crippen LogP contribution in [-0.2, 0) is 21.2 Å². The zero-order chi connectivity index (χ0) is 15.0. The number of fused-ring (bicyclic) bond motifs is 1. The minimum absolute atomic E-state index is 0.0170. The number of carboxylic acid groups (broad SMARTS) is 1. The van der Waals surface area contributed by atoms with E-state index in [1.165, 1.54) is 12.4 Å².